The molecule has 3 aromatic heterocycles. The zero-order valence-electron chi connectivity index (χ0n) is 12.8. The molecule has 1 aromatic carbocycles. The smallest absolute Gasteiger partial charge is 0.142 e. The van der Waals surface area contributed by atoms with Gasteiger partial charge in [0, 0.05) is 29.5 Å². The van der Waals surface area contributed by atoms with E-state index < -0.39 is 5.82 Å². The molecular weight excluding hydrogens is 362 g/mol. The quantitative estimate of drug-likeness (QED) is 0.476. The first-order chi connectivity index (χ1) is 12.1. The van der Waals surface area contributed by atoms with Crippen molar-refractivity contribution in [3.8, 4) is 11.1 Å². The van der Waals surface area contributed by atoms with Crippen molar-refractivity contribution in [2.75, 3.05) is 0 Å². The normalized spacial score (nSPS) is 11.2. The minimum Gasteiger partial charge on any atom is -0.326 e. The molecule has 0 fully saturated rings. The van der Waals surface area contributed by atoms with Gasteiger partial charge in [-0.1, -0.05) is 29.3 Å². The number of halogens is 3. The van der Waals surface area contributed by atoms with E-state index in [2.05, 4.69) is 15.0 Å². The minimum atomic E-state index is -0.462. The van der Waals surface area contributed by atoms with E-state index in [1.165, 1.54) is 6.07 Å². The van der Waals surface area contributed by atoms with Gasteiger partial charge < -0.3 is 4.57 Å². The van der Waals surface area contributed by atoms with Gasteiger partial charge in [0.05, 0.1) is 23.5 Å². The highest BCUT2D eigenvalue weighted by atomic mass is 35.5. The molecule has 4 rings (SSSR count). The molecule has 7 heteroatoms. The van der Waals surface area contributed by atoms with Crippen LogP contribution in [-0.2, 0) is 6.54 Å². The number of pyridine rings is 1. The van der Waals surface area contributed by atoms with Gasteiger partial charge in [0.2, 0.25) is 0 Å². The summed E-state index contributed by atoms with van der Waals surface area (Å²) in [6.45, 7) is 0.480. The average Bonchev–Trinajstić information content (AvgIpc) is 2.96. The monoisotopic (exact) mass is 372 g/mol. The zero-order valence-corrected chi connectivity index (χ0v) is 14.3. The molecule has 0 aliphatic carbocycles. The van der Waals surface area contributed by atoms with Crippen LogP contribution in [0.1, 0.15) is 5.69 Å². The van der Waals surface area contributed by atoms with Crippen LogP contribution in [0.4, 0.5) is 4.39 Å². The molecule has 4 aromatic rings. The molecule has 0 saturated heterocycles. The molecule has 25 heavy (non-hydrogen) atoms. The maximum Gasteiger partial charge on any atom is 0.142 e. The Morgan fingerprint density at radius 1 is 1.08 bits per heavy atom. The highest BCUT2D eigenvalue weighted by Gasteiger charge is 2.14. The Morgan fingerprint density at radius 3 is 2.72 bits per heavy atom. The van der Waals surface area contributed by atoms with E-state index in [-0.39, 0.29) is 5.02 Å². The van der Waals surface area contributed by atoms with Crippen molar-refractivity contribution in [2.24, 2.45) is 0 Å². The standard InChI is InChI=1S/C18H11Cl2FN4/c19-15-3-1-11(7-16(15)21)14-10-25(9-12-8-22-5-6-23-12)18-13(14)2-4-17(20)24-18/h1-8,10H,9H2. The van der Waals surface area contributed by atoms with Crippen LogP contribution in [0, 0.1) is 5.82 Å². The van der Waals surface area contributed by atoms with Crippen LogP contribution >= 0.6 is 23.2 Å². The SMILES string of the molecule is Fc1cc(-c2cn(Cc3cnccn3)c3nc(Cl)ccc23)ccc1Cl. The van der Waals surface area contributed by atoms with Crippen LogP contribution in [0.3, 0.4) is 0 Å². The van der Waals surface area contributed by atoms with Crippen molar-refractivity contribution >= 4 is 34.2 Å². The Hall–Kier alpha value is -2.50. The zero-order chi connectivity index (χ0) is 17.4. The van der Waals surface area contributed by atoms with Crippen molar-refractivity contribution in [2.45, 2.75) is 6.54 Å². The first-order valence-corrected chi connectivity index (χ1v) is 8.23. The van der Waals surface area contributed by atoms with E-state index in [9.17, 15) is 4.39 Å². The summed E-state index contributed by atoms with van der Waals surface area (Å²) >= 11 is 11.9. The summed E-state index contributed by atoms with van der Waals surface area (Å²) in [7, 11) is 0. The molecule has 0 bridgehead atoms. The molecule has 0 spiro atoms. The Morgan fingerprint density at radius 2 is 1.96 bits per heavy atom. The van der Waals surface area contributed by atoms with Gasteiger partial charge in [-0.15, -0.1) is 0 Å². The second kappa shape index (κ2) is 6.43. The molecule has 0 aliphatic heterocycles. The lowest BCUT2D eigenvalue weighted by Crippen LogP contribution is -2.01. The fourth-order valence-electron chi connectivity index (χ4n) is 2.74. The highest BCUT2D eigenvalue weighted by molar-refractivity contribution is 6.31. The maximum atomic E-state index is 13.9. The summed E-state index contributed by atoms with van der Waals surface area (Å²) in [5.41, 5.74) is 3.05. The van der Waals surface area contributed by atoms with Crippen molar-refractivity contribution in [3.05, 3.63) is 76.8 Å². The number of aromatic nitrogens is 4. The molecule has 0 aliphatic rings. The summed E-state index contributed by atoms with van der Waals surface area (Å²) in [6.07, 6.45) is 6.86. The number of benzene rings is 1. The molecule has 0 amide bonds. The molecule has 0 atom stereocenters. The third-order valence-electron chi connectivity index (χ3n) is 3.87. The number of hydrogen-bond acceptors (Lipinski definition) is 3. The van der Waals surface area contributed by atoms with E-state index in [1.807, 2.05) is 16.8 Å². The summed E-state index contributed by atoms with van der Waals surface area (Å²) in [5.74, 6) is -0.462. The largest absolute Gasteiger partial charge is 0.326 e. The summed E-state index contributed by atoms with van der Waals surface area (Å²) < 4.78 is 15.8. The van der Waals surface area contributed by atoms with Crippen molar-refractivity contribution < 1.29 is 4.39 Å². The van der Waals surface area contributed by atoms with E-state index in [0.717, 1.165) is 16.6 Å². The summed E-state index contributed by atoms with van der Waals surface area (Å²) in [4.78, 5) is 12.8. The average molecular weight is 373 g/mol. The van der Waals surface area contributed by atoms with Gasteiger partial charge in [-0.05, 0) is 29.8 Å². The number of rotatable bonds is 3. The summed E-state index contributed by atoms with van der Waals surface area (Å²) in [6, 6.07) is 8.33. The van der Waals surface area contributed by atoms with Crippen LogP contribution < -0.4 is 0 Å². The van der Waals surface area contributed by atoms with Gasteiger partial charge >= 0.3 is 0 Å². The van der Waals surface area contributed by atoms with Crippen LogP contribution in [0.15, 0.2) is 55.1 Å². The maximum absolute atomic E-state index is 13.9. The predicted molar refractivity (Wildman–Crippen MR) is 96.3 cm³/mol. The van der Waals surface area contributed by atoms with Gasteiger partial charge in [0.25, 0.3) is 0 Å². The van der Waals surface area contributed by atoms with Gasteiger partial charge in [-0.3, -0.25) is 9.97 Å². The number of fused-ring (bicyclic) bond motifs is 1. The van der Waals surface area contributed by atoms with Gasteiger partial charge in [0.1, 0.15) is 16.6 Å². The van der Waals surface area contributed by atoms with Gasteiger partial charge in [0.15, 0.2) is 0 Å². The minimum absolute atomic E-state index is 0.0909. The lowest BCUT2D eigenvalue weighted by molar-refractivity contribution is 0.629. The Kier molecular flexibility index (Phi) is 4.11. The van der Waals surface area contributed by atoms with Crippen molar-refractivity contribution in [3.63, 3.8) is 0 Å². The fraction of sp³-hybridized carbons (Fsp3) is 0.0556. The molecule has 3 heterocycles. The van der Waals surface area contributed by atoms with E-state index >= 15 is 0 Å². The van der Waals surface area contributed by atoms with E-state index in [4.69, 9.17) is 23.2 Å². The Balaban J connectivity index is 1.89. The Labute approximate surface area is 152 Å². The van der Waals surface area contributed by atoms with Crippen LogP contribution in [0.25, 0.3) is 22.2 Å². The molecule has 0 radical (unpaired) electrons. The topological polar surface area (TPSA) is 43.6 Å². The van der Waals surface area contributed by atoms with Crippen LogP contribution in [0.2, 0.25) is 10.2 Å². The number of nitrogens with zero attached hydrogens (tertiary/aromatic N) is 4. The van der Waals surface area contributed by atoms with Crippen LogP contribution in [-0.4, -0.2) is 19.5 Å². The third-order valence-corrected chi connectivity index (χ3v) is 4.38. The summed E-state index contributed by atoms with van der Waals surface area (Å²) in [5, 5.41) is 1.35. The lowest BCUT2D eigenvalue weighted by atomic mass is 10.1. The van der Waals surface area contributed by atoms with Crippen molar-refractivity contribution in [1.29, 1.82) is 0 Å². The van der Waals surface area contributed by atoms with Crippen LogP contribution in [0.5, 0.6) is 0 Å². The molecular formula is C18H11Cl2FN4. The molecule has 124 valence electrons. The number of hydrogen-bond donors (Lipinski definition) is 0. The first kappa shape index (κ1) is 16.0. The van der Waals surface area contributed by atoms with E-state index in [1.54, 1.807) is 36.8 Å². The molecule has 0 N–H and O–H groups in total. The van der Waals surface area contributed by atoms with Crippen molar-refractivity contribution in [1.82, 2.24) is 19.5 Å². The van der Waals surface area contributed by atoms with E-state index in [0.29, 0.717) is 22.9 Å². The lowest BCUT2D eigenvalue weighted by Gasteiger charge is -2.03. The highest BCUT2D eigenvalue weighted by Crippen LogP contribution is 2.32. The predicted octanol–water partition coefficient (Wildman–Crippen LogP) is 4.99. The molecule has 0 saturated carbocycles. The Bertz CT molecular complexity index is 1060. The molecule has 0 unspecified atom stereocenters. The van der Waals surface area contributed by atoms with Gasteiger partial charge in [-0.25, -0.2) is 9.37 Å². The second-order valence-corrected chi connectivity index (χ2v) is 6.30. The molecule has 4 nitrogen and oxygen atoms in total. The first-order valence-electron chi connectivity index (χ1n) is 7.47. The third kappa shape index (κ3) is 3.08. The fourth-order valence-corrected chi connectivity index (χ4v) is 3.00. The second-order valence-electron chi connectivity index (χ2n) is 5.50. The van der Waals surface area contributed by atoms with Gasteiger partial charge in [-0.2, -0.15) is 0 Å².